The van der Waals surface area contributed by atoms with E-state index in [9.17, 15) is 14.9 Å². The molecule has 0 saturated carbocycles. The molecule has 7 nitrogen and oxygen atoms in total. The highest BCUT2D eigenvalue weighted by molar-refractivity contribution is 5.83. The van der Waals surface area contributed by atoms with Crippen molar-refractivity contribution < 1.29 is 14.5 Å². The standard InChI is InChI=1S/C19H21N3O4/c1-13(2)16-7-5-15(6-8-16)11-20-21-19(23)12-26-18-9-4-14(3)10-17(18)22(24)25/h4-11,13H,12H2,1-3H3,(H,21,23)/b20-11+. The average molecular weight is 355 g/mol. The van der Waals surface area contributed by atoms with Crippen molar-refractivity contribution in [3.05, 3.63) is 69.3 Å². The van der Waals surface area contributed by atoms with Crippen LogP contribution in [0.4, 0.5) is 5.69 Å². The van der Waals surface area contributed by atoms with E-state index in [-0.39, 0.29) is 18.0 Å². The minimum Gasteiger partial charge on any atom is -0.477 e. The number of carbonyl (C=O) groups is 1. The number of nitro groups is 1. The van der Waals surface area contributed by atoms with Crippen LogP contribution in [-0.2, 0) is 4.79 Å². The summed E-state index contributed by atoms with van der Waals surface area (Å²) >= 11 is 0. The third kappa shape index (κ3) is 5.41. The molecule has 0 aliphatic rings. The summed E-state index contributed by atoms with van der Waals surface area (Å²) in [7, 11) is 0. The normalized spacial score (nSPS) is 10.9. The van der Waals surface area contributed by atoms with Crippen molar-refractivity contribution in [2.24, 2.45) is 5.10 Å². The maximum absolute atomic E-state index is 11.8. The van der Waals surface area contributed by atoms with Gasteiger partial charge in [-0.1, -0.05) is 44.2 Å². The fourth-order valence-corrected chi connectivity index (χ4v) is 2.21. The topological polar surface area (TPSA) is 93.8 Å². The lowest BCUT2D eigenvalue weighted by molar-refractivity contribution is -0.385. The molecule has 0 fully saturated rings. The molecule has 0 aliphatic heterocycles. The number of amides is 1. The summed E-state index contributed by atoms with van der Waals surface area (Å²) in [6.07, 6.45) is 1.52. The Morgan fingerprint density at radius 2 is 1.96 bits per heavy atom. The van der Waals surface area contributed by atoms with E-state index in [0.717, 1.165) is 11.1 Å². The number of benzene rings is 2. The quantitative estimate of drug-likeness (QED) is 0.467. The maximum Gasteiger partial charge on any atom is 0.311 e. The van der Waals surface area contributed by atoms with Crippen LogP contribution in [0.5, 0.6) is 5.75 Å². The van der Waals surface area contributed by atoms with E-state index in [1.54, 1.807) is 13.0 Å². The number of ether oxygens (including phenoxy) is 1. The molecule has 1 amide bonds. The Bertz CT molecular complexity index is 814. The van der Waals surface area contributed by atoms with Gasteiger partial charge in [0.05, 0.1) is 11.1 Å². The van der Waals surface area contributed by atoms with Gasteiger partial charge in [0.15, 0.2) is 12.4 Å². The number of hydrogen-bond donors (Lipinski definition) is 1. The van der Waals surface area contributed by atoms with Gasteiger partial charge in [0, 0.05) is 6.07 Å². The molecular weight excluding hydrogens is 334 g/mol. The van der Waals surface area contributed by atoms with Crippen molar-refractivity contribution >= 4 is 17.8 Å². The maximum atomic E-state index is 11.8. The van der Waals surface area contributed by atoms with Gasteiger partial charge >= 0.3 is 5.69 Å². The number of rotatable bonds is 7. The third-order valence-corrected chi connectivity index (χ3v) is 3.68. The van der Waals surface area contributed by atoms with Crippen molar-refractivity contribution in [1.82, 2.24) is 5.43 Å². The van der Waals surface area contributed by atoms with E-state index in [4.69, 9.17) is 4.74 Å². The summed E-state index contributed by atoms with van der Waals surface area (Å²) in [4.78, 5) is 22.3. The Balaban J connectivity index is 1.88. The number of nitrogens with zero attached hydrogens (tertiary/aromatic N) is 2. The first-order valence-corrected chi connectivity index (χ1v) is 8.16. The molecule has 0 aromatic heterocycles. The first kappa shape index (κ1) is 19.1. The van der Waals surface area contributed by atoms with E-state index in [1.807, 2.05) is 24.3 Å². The molecule has 0 atom stereocenters. The monoisotopic (exact) mass is 355 g/mol. The molecule has 0 heterocycles. The zero-order chi connectivity index (χ0) is 19.1. The molecule has 0 saturated heterocycles. The molecule has 0 radical (unpaired) electrons. The highest BCUT2D eigenvalue weighted by Crippen LogP contribution is 2.27. The highest BCUT2D eigenvalue weighted by Gasteiger charge is 2.16. The Hall–Kier alpha value is -3.22. The summed E-state index contributed by atoms with van der Waals surface area (Å²) in [5.74, 6) is -0.0115. The summed E-state index contributed by atoms with van der Waals surface area (Å²) in [5, 5.41) is 14.9. The molecule has 0 unspecified atom stereocenters. The van der Waals surface area contributed by atoms with Crippen LogP contribution in [0, 0.1) is 17.0 Å². The summed E-state index contributed by atoms with van der Waals surface area (Å²) in [6, 6.07) is 12.4. The van der Waals surface area contributed by atoms with E-state index < -0.39 is 10.8 Å². The van der Waals surface area contributed by atoms with Crippen LogP contribution in [0.25, 0.3) is 0 Å². The third-order valence-electron chi connectivity index (χ3n) is 3.68. The Morgan fingerprint density at radius 3 is 2.58 bits per heavy atom. The second-order valence-corrected chi connectivity index (χ2v) is 6.13. The molecule has 1 N–H and O–H groups in total. The van der Waals surface area contributed by atoms with Crippen LogP contribution < -0.4 is 10.2 Å². The fraction of sp³-hybridized carbons (Fsp3) is 0.263. The zero-order valence-electron chi connectivity index (χ0n) is 14.9. The average Bonchev–Trinajstić information content (AvgIpc) is 2.61. The van der Waals surface area contributed by atoms with Crippen LogP contribution in [-0.4, -0.2) is 23.7 Å². The smallest absolute Gasteiger partial charge is 0.311 e. The molecule has 136 valence electrons. The van der Waals surface area contributed by atoms with Gasteiger partial charge in [0.25, 0.3) is 5.91 Å². The van der Waals surface area contributed by atoms with Crippen LogP contribution >= 0.6 is 0 Å². The van der Waals surface area contributed by atoms with E-state index >= 15 is 0 Å². The minimum absolute atomic E-state index is 0.0454. The molecule has 2 aromatic rings. The second kappa shape index (κ2) is 8.75. The van der Waals surface area contributed by atoms with Crippen molar-refractivity contribution in [3.63, 3.8) is 0 Å². The van der Waals surface area contributed by atoms with Gasteiger partial charge in [-0.15, -0.1) is 0 Å². The predicted octanol–water partition coefficient (Wildman–Crippen LogP) is 3.56. The van der Waals surface area contributed by atoms with Crippen molar-refractivity contribution in [2.45, 2.75) is 26.7 Å². The van der Waals surface area contributed by atoms with E-state index in [2.05, 4.69) is 24.4 Å². The van der Waals surface area contributed by atoms with Crippen molar-refractivity contribution in [3.8, 4) is 5.75 Å². The number of nitrogens with one attached hydrogen (secondary N) is 1. The van der Waals surface area contributed by atoms with E-state index in [1.165, 1.54) is 23.9 Å². The Labute approximate surface area is 151 Å². The molecule has 2 rings (SSSR count). The van der Waals surface area contributed by atoms with Crippen molar-refractivity contribution in [2.75, 3.05) is 6.61 Å². The first-order chi connectivity index (χ1) is 12.4. The SMILES string of the molecule is Cc1ccc(OCC(=O)N/N=C/c2ccc(C(C)C)cc2)c([N+](=O)[O-])c1. The highest BCUT2D eigenvalue weighted by atomic mass is 16.6. The molecule has 0 aliphatic carbocycles. The van der Waals surface area contributed by atoms with Gasteiger partial charge in [-0.05, 0) is 35.6 Å². The first-order valence-electron chi connectivity index (χ1n) is 8.16. The number of aryl methyl sites for hydroxylation is 1. The van der Waals surface area contributed by atoms with Gasteiger partial charge in [0.2, 0.25) is 0 Å². The van der Waals surface area contributed by atoms with Crippen molar-refractivity contribution in [1.29, 1.82) is 0 Å². The number of nitro benzene ring substituents is 1. The molecule has 2 aromatic carbocycles. The van der Waals surface area contributed by atoms with Crippen LogP contribution in [0.3, 0.4) is 0 Å². The van der Waals surface area contributed by atoms with E-state index in [0.29, 0.717) is 5.92 Å². The van der Waals surface area contributed by atoms with Crippen LogP contribution in [0.15, 0.2) is 47.6 Å². The fourth-order valence-electron chi connectivity index (χ4n) is 2.21. The van der Waals surface area contributed by atoms with Crippen LogP contribution in [0.2, 0.25) is 0 Å². The van der Waals surface area contributed by atoms with Gasteiger partial charge < -0.3 is 4.74 Å². The Morgan fingerprint density at radius 1 is 1.27 bits per heavy atom. The summed E-state index contributed by atoms with van der Waals surface area (Å²) in [6.45, 7) is 5.60. The number of hydrazone groups is 1. The largest absolute Gasteiger partial charge is 0.477 e. The number of carbonyl (C=O) groups excluding carboxylic acids is 1. The minimum atomic E-state index is -0.542. The lowest BCUT2D eigenvalue weighted by Crippen LogP contribution is -2.24. The van der Waals surface area contributed by atoms with Gasteiger partial charge in [0.1, 0.15) is 0 Å². The van der Waals surface area contributed by atoms with Crippen LogP contribution in [0.1, 0.15) is 36.5 Å². The Kier molecular flexibility index (Phi) is 6.43. The summed E-state index contributed by atoms with van der Waals surface area (Å²) < 4.78 is 5.23. The summed E-state index contributed by atoms with van der Waals surface area (Å²) in [5.41, 5.74) is 4.97. The predicted molar refractivity (Wildman–Crippen MR) is 99.6 cm³/mol. The molecule has 0 bridgehead atoms. The molecule has 0 spiro atoms. The molecular formula is C19H21N3O4. The lowest BCUT2D eigenvalue weighted by Gasteiger charge is -2.06. The zero-order valence-corrected chi connectivity index (χ0v) is 14.9. The molecule has 26 heavy (non-hydrogen) atoms. The lowest BCUT2D eigenvalue weighted by atomic mass is 10.0. The second-order valence-electron chi connectivity index (χ2n) is 6.13. The van der Waals surface area contributed by atoms with Gasteiger partial charge in [-0.2, -0.15) is 5.10 Å². The van der Waals surface area contributed by atoms with Gasteiger partial charge in [-0.25, -0.2) is 5.43 Å². The number of hydrogen-bond acceptors (Lipinski definition) is 5. The van der Waals surface area contributed by atoms with Gasteiger partial charge in [-0.3, -0.25) is 14.9 Å². The molecule has 7 heteroatoms.